The first-order chi connectivity index (χ1) is 16.8. The Bertz CT molecular complexity index is 925. The summed E-state index contributed by atoms with van der Waals surface area (Å²) in [6.45, 7) is 7.56. The standard InChI is InChI=1S/C25H33F6N3O2/c1-3-34(15-18-6-4-5-17-9-12-33(16-20(17)18)19-7-8-19)23(2)10-13-32(14-11-23)22(35)36-21(24(26,27)28)25(29,30)31/h4-6,19,21H,3,7-16H2,1-2H3. The zero-order valence-corrected chi connectivity index (χ0v) is 20.6. The summed E-state index contributed by atoms with van der Waals surface area (Å²) in [6.07, 6.45) is -12.8. The zero-order valence-electron chi connectivity index (χ0n) is 20.6. The molecule has 1 saturated heterocycles. The molecule has 1 aromatic rings. The molecular formula is C25H33F6N3O2. The van der Waals surface area contributed by atoms with Crippen molar-refractivity contribution in [1.29, 1.82) is 0 Å². The minimum absolute atomic E-state index is 0.0244. The molecular weight excluding hydrogens is 488 g/mol. The van der Waals surface area contributed by atoms with E-state index in [4.69, 9.17) is 0 Å². The van der Waals surface area contributed by atoms with Crippen molar-refractivity contribution >= 4 is 6.09 Å². The van der Waals surface area contributed by atoms with Gasteiger partial charge >= 0.3 is 18.4 Å². The maximum atomic E-state index is 12.8. The van der Waals surface area contributed by atoms with Crippen LogP contribution in [0.4, 0.5) is 31.1 Å². The molecule has 1 amide bonds. The number of hydrogen-bond acceptors (Lipinski definition) is 4. The molecule has 4 rings (SSSR count). The fourth-order valence-electron chi connectivity index (χ4n) is 5.44. The van der Waals surface area contributed by atoms with Crippen molar-refractivity contribution in [3.63, 3.8) is 0 Å². The van der Waals surface area contributed by atoms with Gasteiger partial charge in [0.05, 0.1) is 0 Å². The van der Waals surface area contributed by atoms with Gasteiger partial charge in [0.1, 0.15) is 0 Å². The van der Waals surface area contributed by atoms with E-state index in [1.165, 1.54) is 29.5 Å². The highest BCUT2D eigenvalue weighted by atomic mass is 19.4. The largest absolute Gasteiger partial charge is 0.434 e. The van der Waals surface area contributed by atoms with E-state index in [1.54, 1.807) is 0 Å². The van der Waals surface area contributed by atoms with E-state index < -0.39 is 24.5 Å². The number of nitrogens with zero attached hydrogens (tertiary/aromatic N) is 3. The van der Waals surface area contributed by atoms with Crippen molar-refractivity contribution < 1.29 is 35.9 Å². The number of carbonyl (C=O) groups is 1. The third-order valence-electron chi connectivity index (χ3n) is 7.88. The molecule has 5 nitrogen and oxygen atoms in total. The lowest BCUT2D eigenvalue weighted by Crippen LogP contribution is -2.55. The number of ether oxygens (including phenoxy) is 1. The van der Waals surface area contributed by atoms with E-state index >= 15 is 0 Å². The molecule has 0 spiro atoms. The van der Waals surface area contributed by atoms with Gasteiger partial charge in [0.15, 0.2) is 0 Å². The summed E-state index contributed by atoms with van der Waals surface area (Å²) in [7, 11) is 0. The van der Waals surface area contributed by atoms with Gasteiger partial charge in [0, 0.05) is 44.3 Å². The van der Waals surface area contributed by atoms with Crippen LogP contribution in [0.25, 0.3) is 0 Å². The van der Waals surface area contributed by atoms with Gasteiger partial charge in [-0.15, -0.1) is 0 Å². The van der Waals surface area contributed by atoms with Crippen molar-refractivity contribution in [2.45, 2.75) is 89.1 Å². The first-order valence-corrected chi connectivity index (χ1v) is 12.5. The zero-order chi connectivity index (χ0) is 26.3. The first kappa shape index (κ1) is 27.0. The fraction of sp³-hybridized carbons (Fsp3) is 0.720. The number of halogens is 6. The molecule has 0 bridgehead atoms. The van der Waals surface area contributed by atoms with Crippen LogP contribution in [0.3, 0.4) is 0 Å². The Hall–Kier alpha value is -2.01. The van der Waals surface area contributed by atoms with Crippen molar-refractivity contribution in [3.05, 3.63) is 34.9 Å². The Labute approximate surface area is 207 Å². The van der Waals surface area contributed by atoms with Gasteiger partial charge in [-0.1, -0.05) is 25.1 Å². The van der Waals surface area contributed by atoms with Gasteiger partial charge in [-0.3, -0.25) is 9.80 Å². The molecule has 1 aromatic carbocycles. The van der Waals surface area contributed by atoms with Crippen LogP contribution in [-0.2, 0) is 24.2 Å². The van der Waals surface area contributed by atoms with E-state index in [0.29, 0.717) is 25.4 Å². The molecule has 0 radical (unpaired) electrons. The van der Waals surface area contributed by atoms with Crippen LogP contribution in [0.1, 0.15) is 56.2 Å². The summed E-state index contributed by atoms with van der Waals surface area (Å²) in [5.41, 5.74) is 3.63. The lowest BCUT2D eigenvalue weighted by molar-refractivity contribution is -0.308. The van der Waals surface area contributed by atoms with E-state index in [0.717, 1.165) is 31.0 Å². The molecule has 2 heterocycles. The number of alkyl halides is 6. The number of rotatable bonds is 6. The summed E-state index contributed by atoms with van der Waals surface area (Å²) in [5.74, 6) is 0. The lowest BCUT2D eigenvalue weighted by Gasteiger charge is -2.47. The highest BCUT2D eigenvalue weighted by Gasteiger charge is 2.60. The van der Waals surface area contributed by atoms with E-state index in [-0.39, 0.29) is 18.6 Å². The molecule has 11 heteroatoms. The van der Waals surface area contributed by atoms with E-state index in [1.807, 2.05) is 13.8 Å². The van der Waals surface area contributed by atoms with Gasteiger partial charge in [-0.2, -0.15) is 26.3 Å². The fourth-order valence-corrected chi connectivity index (χ4v) is 5.44. The van der Waals surface area contributed by atoms with E-state index in [2.05, 4.69) is 32.7 Å². The van der Waals surface area contributed by atoms with Gasteiger partial charge in [-0.05, 0) is 62.3 Å². The number of carbonyl (C=O) groups excluding carboxylic acids is 1. The average molecular weight is 522 g/mol. The second-order valence-corrected chi connectivity index (χ2v) is 10.4. The molecule has 1 aliphatic carbocycles. The molecule has 0 atom stereocenters. The number of likely N-dealkylation sites (tertiary alicyclic amines) is 1. The molecule has 2 fully saturated rings. The maximum Gasteiger partial charge on any atom is 0.434 e. The number of fused-ring (bicyclic) bond motifs is 1. The van der Waals surface area contributed by atoms with Crippen LogP contribution >= 0.6 is 0 Å². The van der Waals surface area contributed by atoms with Crippen molar-refractivity contribution in [3.8, 4) is 0 Å². The summed E-state index contributed by atoms with van der Waals surface area (Å²) in [6, 6.07) is 7.08. The van der Waals surface area contributed by atoms with Crippen LogP contribution < -0.4 is 0 Å². The third-order valence-corrected chi connectivity index (χ3v) is 7.88. The Balaban J connectivity index is 1.40. The van der Waals surface area contributed by atoms with Gasteiger partial charge in [0.2, 0.25) is 0 Å². The Morgan fingerprint density at radius 1 is 1.11 bits per heavy atom. The predicted molar refractivity (Wildman–Crippen MR) is 121 cm³/mol. The molecule has 0 N–H and O–H groups in total. The summed E-state index contributed by atoms with van der Waals surface area (Å²) >= 11 is 0. The van der Waals surface area contributed by atoms with Crippen LogP contribution in [0.2, 0.25) is 0 Å². The highest BCUT2D eigenvalue weighted by molar-refractivity contribution is 5.68. The van der Waals surface area contributed by atoms with Gasteiger partial charge in [0.25, 0.3) is 6.10 Å². The maximum absolute atomic E-state index is 12.8. The van der Waals surface area contributed by atoms with Gasteiger partial charge in [-0.25, -0.2) is 4.79 Å². The molecule has 2 aliphatic heterocycles. The Morgan fingerprint density at radius 3 is 2.31 bits per heavy atom. The van der Waals surface area contributed by atoms with Crippen LogP contribution in [-0.4, -0.2) is 77.0 Å². The normalized spacial score (nSPS) is 21.1. The Morgan fingerprint density at radius 2 is 1.75 bits per heavy atom. The topological polar surface area (TPSA) is 36.0 Å². The highest BCUT2D eigenvalue weighted by Crippen LogP contribution is 2.38. The number of amides is 1. The monoisotopic (exact) mass is 521 g/mol. The first-order valence-electron chi connectivity index (χ1n) is 12.5. The van der Waals surface area contributed by atoms with Crippen LogP contribution in [0.5, 0.6) is 0 Å². The van der Waals surface area contributed by atoms with E-state index in [9.17, 15) is 31.1 Å². The summed E-state index contributed by atoms with van der Waals surface area (Å²) < 4.78 is 80.6. The predicted octanol–water partition coefficient (Wildman–Crippen LogP) is 5.51. The molecule has 1 saturated carbocycles. The van der Waals surface area contributed by atoms with Crippen molar-refractivity contribution in [1.82, 2.24) is 14.7 Å². The SMILES string of the molecule is CCN(Cc1cccc2c1CN(C1CC1)CC2)C1(C)CCN(C(=O)OC(C(F)(F)F)C(F)(F)F)CC1. The van der Waals surface area contributed by atoms with Crippen molar-refractivity contribution in [2.24, 2.45) is 0 Å². The second-order valence-electron chi connectivity index (χ2n) is 10.4. The number of benzene rings is 1. The minimum Gasteiger partial charge on any atom is -0.426 e. The minimum atomic E-state index is -5.72. The molecule has 0 aromatic heterocycles. The van der Waals surface area contributed by atoms with Crippen LogP contribution in [0.15, 0.2) is 18.2 Å². The number of piperidine rings is 1. The quantitative estimate of drug-likeness (QED) is 0.463. The molecule has 202 valence electrons. The number of hydrogen-bond donors (Lipinski definition) is 0. The smallest absolute Gasteiger partial charge is 0.426 e. The van der Waals surface area contributed by atoms with Gasteiger partial charge < -0.3 is 9.64 Å². The third kappa shape index (κ3) is 5.93. The molecule has 36 heavy (non-hydrogen) atoms. The molecule has 3 aliphatic rings. The molecule has 0 unspecified atom stereocenters. The Kier molecular flexibility index (Phi) is 7.54. The van der Waals surface area contributed by atoms with Crippen LogP contribution in [0, 0.1) is 0 Å². The average Bonchev–Trinajstić information content (AvgIpc) is 3.65. The summed E-state index contributed by atoms with van der Waals surface area (Å²) in [5, 5.41) is 0. The second kappa shape index (κ2) is 10.0. The summed E-state index contributed by atoms with van der Waals surface area (Å²) in [4.78, 5) is 18.0. The lowest BCUT2D eigenvalue weighted by atomic mass is 9.86. The van der Waals surface area contributed by atoms with Crippen molar-refractivity contribution in [2.75, 3.05) is 26.2 Å².